The van der Waals surface area contributed by atoms with Gasteiger partial charge in [-0.1, -0.05) is 0 Å². The lowest BCUT2D eigenvalue weighted by Crippen LogP contribution is -2.30. The minimum Gasteiger partial charge on any atom is -0.453 e. The highest BCUT2D eigenvalue weighted by Crippen LogP contribution is 2.21. The fraction of sp³-hybridized carbons (Fsp3) is 0.333. The minimum atomic E-state index is -0.972. The highest BCUT2D eigenvalue weighted by Gasteiger charge is 2.14. The SMILES string of the molecule is C[C@@H](OC(=O)CCSc1ccc(F)c(F)c1)C(N)=O. The van der Waals surface area contributed by atoms with Crippen LogP contribution >= 0.6 is 11.8 Å². The van der Waals surface area contributed by atoms with Crippen molar-refractivity contribution >= 4 is 23.6 Å². The van der Waals surface area contributed by atoms with Crippen molar-refractivity contribution < 1.29 is 23.1 Å². The average Bonchev–Trinajstić information content (AvgIpc) is 2.33. The van der Waals surface area contributed by atoms with Crippen molar-refractivity contribution in [2.75, 3.05) is 5.75 Å². The van der Waals surface area contributed by atoms with Gasteiger partial charge in [-0.05, 0) is 25.1 Å². The zero-order valence-corrected chi connectivity index (χ0v) is 11.0. The predicted molar refractivity (Wildman–Crippen MR) is 66.4 cm³/mol. The summed E-state index contributed by atoms with van der Waals surface area (Å²) < 4.78 is 30.3. The summed E-state index contributed by atoms with van der Waals surface area (Å²) in [5.74, 6) is -2.81. The third kappa shape index (κ3) is 5.25. The first-order chi connectivity index (χ1) is 8.90. The summed E-state index contributed by atoms with van der Waals surface area (Å²) in [6.07, 6.45) is -0.929. The summed E-state index contributed by atoms with van der Waals surface area (Å²) in [6, 6.07) is 3.49. The van der Waals surface area contributed by atoms with Crippen molar-refractivity contribution in [3.8, 4) is 0 Å². The molecule has 7 heteroatoms. The van der Waals surface area contributed by atoms with E-state index < -0.39 is 29.6 Å². The van der Waals surface area contributed by atoms with Crippen molar-refractivity contribution in [3.63, 3.8) is 0 Å². The first-order valence-corrected chi connectivity index (χ1v) is 6.45. The van der Waals surface area contributed by atoms with Crippen LogP contribution in [0.25, 0.3) is 0 Å². The van der Waals surface area contributed by atoms with Gasteiger partial charge in [0.25, 0.3) is 5.91 Å². The minimum absolute atomic E-state index is 0.0429. The van der Waals surface area contributed by atoms with Crippen molar-refractivity contribution in [2.24, 2.45) is 5.73 Å². The number of ether oxygens (including phenoxy) is 1. The van der Waals surface area contributed by atoms with Crippen LogP contribution in [0.5, 0.6) is 0 Å². The van der Waals surface area contributed by atoms with E-state index in [9.17, 15) is 18.4 Å². The van der Waals surface area contributed by atoms with Gasteiger partial charge in [0.15, 0.2) is 17.7 Å². The first kappa shape index (κ1) is 15.4. The molecule has 0 unspecified atom stereocenters. The van der Waals surface area contributed by atoms with Crippen molar-refractivity contribution in [3.05, 3.63) is 29.8 Å². The third-order valence-electron chi connectivity index (χ3n) is 2.17. The van der Waals surface area contributed by atoms with Gasteiger partial charge in [-0.2, -0.15) is 0 Å². The summed E-state index contributed by atoms with van der Waals surface area (Å²) in [4.78, 5) is 22.5. The molecule has 4 nitrogen and oxygen atoms in total. The molecule has 0 aliphatic carbocycles. The Morgan fingerprint density at radius 3 is 2.63 bits per heavy atom. The Hall–Kier alpha value is -1.63. The molecule has 104 valence electrons. The van der Waals surface area contributed by atoms with Crippen LogP contribution in [0.2, 0.25) is 0 Å². The molecular weight excluding hydrogens is 276 g/mol. The molecule has 0 aliphatic heterocycles. The van der Waals surface area contributed by atoms with Gasteiger partial charge in [0.05, 0.1) is 6.42 Å². The molecule has 0 spiro atoms. The number of rotatable bonds is 6. The second-order valence-corrected chi connectivity index (χ2v) is 4.88. The Labute approximate surface area is 113 Å². The maximum absolute atomic E-state index is 12.9. The lowest BCUT2D eigenvalue weighted by Gasteiger charge is -2.09. The Bertz CT molecular complexity index is 482. The zero-order chi connectivity index (χ0) is 14.4. The van der Waals surface area contributed by atoms with Crippen LogP contribution in [0.1, 0.15) is 13.3 Å². The number of thioether (sulfide) groups is 1. The smallest absolute Gasteiger partial charge is 0.307 e. The van der Waals surface area contributed by atoms with Crippen LogP contribution < -0.4 is 5.73 Å². The lowest BCUT2D eigenvalue weighted by molar-refractivity contribution is -0.153. The van der Waals surface area contributed by atoms with E-state index in [1.54, 1.807) is 0 Å². The fourth-order valence-electron chi connectivity index (χ4n) is 1.13. The van der Waals surface area contributed by atoms with Gasteiger partial charge in [0, 0.05) is 10.6 Å². The standard InChI is InChI=1S/C12H13F2NO3S/c1-7(12(15)17)18-11(16)4-5-19-8-2-3-9(13)10(14)6-8/h2-3,6-7H,4-5H2,1H3,(H2,15,17)/t7-/m1/s1. The summed E-state index contributed by atoms with van der Waals surface area (Å²) in [6.45, 7) is 1.38. The molecular formula is C12H13F2NO3S. The number of carbonyl (C=O) groups excluding carboxylic acids is 2. The number of carbonyl (C=O) groups is 2. The van der Waals surface area contributed by atoms with Crippen LogP contribution in [-0.2, 0) is 14.3 Å². The Morgan fingerprint density at radius 2 is 2.05 bits per heavy atom. The molecule has 1 amide bonds. The summed E-state index contributed by atoms with van der Waals surface area (Å²) in [7, 11) is 0. The van der Waals surface area contributed by atoms with Gasteiger partial charge in [-0.25, -0.2) is 8.78 Å². The maximum Gasteiger partial charge on any atom is 0.307 e. The molecule has 2 N–H and O–H groups in total. The normalized spacial score (nSPS) is 11.9. The van der Waals surface area contributed by atoms with E-state index in [2.05, 4.69) is 0 Å². The van der Waals surface area contributed by atoms with Gasteiger partial charge in [-0.15, -0.1) is 11.8 Å². The second-order valence-electron chi connectivity index (χ2n) is 3.71. The highest BCUT2D eigenvalue weighted by molar-refractivity contribution is 7.99. The lowest BCUT2D eigenvalue weighted by atomic mass is 10.3. The molecule has 1 atom stereocenters. The summed E-state index contributed by atoms with van der Waals surface area (Å²) in [5, 5.41) is 0. The number of benzene rings is 1. The van der Waals surface area contributed by atoms with E-state index in [4.69, 9.17) is 10.5 Å². The molecule has 0 saturated heterocycles. The van der Waals surface area contributed by atoms with Gasteiger partial charge in [0.1, 0.15) is 0 Å². The monoisotopic (exact) mass is 289 g/mol. The Balaban J connectivity index is 2.35. The molecule has 1 rings (SSSR count). The molecule has 1 aromatic rings. The number of esters is 1. The first-order valence-electron chi connectivity index (χ1n) is 5.47. The van der Waals surface area contributed by atoms with Crippen LogP contribution in [-0.4, -0.2) is 23.7 Å². The molecule has 0 radical (unpaired) electrons. The number of halogens is 2. The van der Waals surface area contributed by atoms with Crippen molar-refractivity contribution in [2.45, 2.75) is 24.3 Å². The largest absolute Gasteiger partial charge is 0.453 e. The van der Waals surface area contributed by atoms with Gasteiger partial charge in [-0.3, -0.25) is 9.59 Å². The van der Waals surface area contributed by atoms with E-state index in [-0.39, 0.29) is 6.42 Å². The molecule has 1 aromatic carbocycles. The number of nitrogens with two attached hydrogens (primary N) is 1. The molecule has 0 aromatic heterocycles. The second kappa shape index (κ2) is 7.08. The molecule has 0 saturated carbocycles. The molecule has 0 bridgehead atoms. The molecule has 0 fully saturated rings. The van der Waals surface area contributed by atoms with E-state index >= 15 is 0 Å². The number of primary amides is 1. The van der Waals surface area contributed by atoms with Gasteiger partial charge >= 0.3 is 5.97 Å². The number of hydrogen-bond acceptors (Lipinski definition) is 4. The maximum atomic E-state index is 12.9. The molecule has 0 aliphatic rings. The zero-order valence-electron chi connectivity index (χ0n) is 10.2. The third-order valence-corrected chi connectivity index (χ3v) is 3.17. The average molecular weight is 289 g/mol. The van der Waals surface area contributed by atoms with E-state index in [1.807, 2.05) is 0 Å². The van der Waals surface area contributed by atoms with Crippen LogP contribution in [0.15, 0.2) is 23.1 Å². The Morgan fingerprint density at radius 1 is 1.37 bits per heavy atom. The van der Waals surface area contributed by atoms with Crippen LogP contribution in [0.4, 0.5) is 8.78 Å². The van der Waals surface area contributed by atoms with E-state index in [0.29, 0.717) is 10.6 Å². The summed E-state index contributed by atoms with van der Waals surface area (Å²) in [5.41, 5.74) is 4.94. The predicted octanol–water partition coefficient (Wildman–Crippen LogP) is 1.86. The van der Waals surface area contributed by atoms with Gasteiger partial charge in [0.2, 0.25) is 0 Å². The number of amides is 1. The summed E-state index contributed by atoms with van der Waals surface area (Å²) >= 11 is 1.18. The van der Waals surface area contributed by atoms with E-state index in [0.717, 1.165) is 12.1 Å². The molecule has 19 heavy (non-hydrogen) atoms. The van der Waals surface area contributed by atoms with Crippen molar-refractivity contribution in [1.29, 1.82) is 0 Å². The van der Waals surface area contributed by atoms with E-state index in [1.165, 1.54) is 24.8 Å². The topological polar surface area (TPSA) is 69.4 Å². The van der Waals surface area contributed by atoms with Gasteiger partial charge < -0.3 is 10.5 Å². The quantitative estimate of drug-likeness (QED) is 0.641. The fourth-order valence-corrected chi connectivity index (χ4v) is 1.99. The Kier molecular flexibility index (Phi) is 5.75. The van der Waals surface area contributed by atoms with Crippen molar-refractivity contribution in [1.82, 2.24) is 0 Å². The molecule has 0 heterocycles. The number of hydrogen-bond donors (Lipinski definition) is 1. The highest BCUT2D eigenvalue weighted by atomic mass is 32.2. The van der Waals surface area contributed by atoms with Crippen LogP contribution in [0, 0.1) is 11.6 Å². The van der Waals surface area contributed by atoms with Crippen LogP contribution in [0.3, 0.4) is 0 Å².